The second kappa shape index (κ2) is 6.69. The van der Waals surface area contributed by atoms with Crippen LogP contribution in [-0.4, -0.2) is 56.9 Å². The molecule has 0 saturated carbocycles. The molecule has 0 aliphatic carbocycles. The zero-order valence-corrected chi connectivity index (χ0v) is 14.5. The highest BCUT2D eigenvalue weighted by molar-refractivity contribution is 7.91. The van der Waals surface area contributed by atoms with Crippen LogP contribution in [0.1, 0.15) is 12.8 Å². The second-order valence-corrected chi connectivity index (χ2v) is 8.99. The van der Waals surface area contributed by atoms with E-state index in [0.717, 1.165) is 18.8 Å². The molecule has 2 saturated heterocycles. The maximum Gasteiger partial charge on any atom is 0.223 e. The number of sulfone groups is 1. The van der Waals surface area contributed by atoms with Gasteiger partial charge < -0.3 is 9.80 Å². The molecule has 1 aromatic rings. The first-order valence-electron chi connectivity index (χ1n) is 7.92. The molecule has 0 radical (unpaired) electrons. The molecule has 0 aromatic heterocycles. The van der Waals surface area contributed by atoms with Crippen LogP contribution in [0.2, 0.25) is 5.02 Å². The normalized spacial score (nSPS) is 24.0. The van der Waals surface area contributed by atoms with Crippen LogP contribution >= 0.6 is 11.6 Å². The largest absolute Gasteiger partial charge is 0.368 e. The van der Waals surface area contributed by atoms with E-state index in [0.29, 0.717) is 31.0 Å². The molecule has 7 heteroatoms. The minimum Gasteiger partial charge on any atom is -0.368 e. The number of benzene rings is 1. The summed E-state index contributed by atoms with van der Waals surface area (Å²) >= 11 is 6.02. The fourth-order valence-electron chi connectivity index (χ4n) is 3.30. The minimum atomic E-state index is -2.91. The highest BCUT2D eigenvalue weighted by atomic mass is 35.5. The molecule has 2 heterocycles. The zero-order valence-electron chi connectivity index (χ0n) is 12.9. The molecule has 0 N–H and O–H groups in total. The molecule has 1 amide bonds. The molecule has 126 valence electrons. The minimum absolute atomic E-state index is 0.00143. The Morgan fingerprint density at radius 2 is 1.96 bits per heavy atom. The summed E-state index contributed by atoms with van der Waals surface area (Å²) in [5.74, 6) is 0.477. The van der Waals surface area contributed by atoms with Crippen molar-refractivity contribution < 1.29 is 13.2 Å². The second-order valence-electron chi connectivity index (χ2n) is 6.32. The van der Waals surface area contributed by atoms with Crippen LogP contribution in [0, 0.1) is 5.92 Å². The number of hydrogen-bond donors (Lipinski definition) is 0. The van der Waals surface area contributed by atoms with Crippen molar-refractivity contribution in [2.45, 2.75) is 12.8 Å². The lowest BCUT2D eigenvalue weighted by molar-refractivity contribution is -0.132. The Kier molecular flexibility index (Phi) is 4.82. The van der Waals surface area contributed by atoms with Crippen molar-refractivity contribution >= 4 is 33.0 Å². The van der Waals surface area contributed by atoms with Gasteiger partial charge in [-0.05, 0) is 30.5 Å². The number of anilines is 1. The number of halogens is 1. The summed E-state index contributed by atoms with van der Waals surface area (Å²) in [4.78, 5) is 16.4. The Morgan fingerprint density at radius 3 is 2.57 bits per heavy atom. The third kappa shape index (κ3) is 4.18. The number of carbonyl (C=O) groups is 1. The Morgan fingerprint density at radius 1 is 1.22 bits per heavy atom. The van der Waals surface area contributed by atoms with E-state index in [2.05, 4.69) is 4.90 Å². The summed E-state index contributed by atoms with van der Waals surface area (Å²) in [5, 5.41) is 0.712. The van der Waals surface area contributed by atoms with Gasteiger partial charge in [0.05, 0.1) is 11.5 Å². The molecule has 1 atom stereocenters. The number of nitrogens with zero attached hydrogens (tertiary/aromatic N) is 2. The monoisotopic (exact) mass is 356 g/mol. The quantitative estimate of drug-likeness (QED) is 0.828. The van der Waals surface area contributed by atoms with Crippen LogP contribution in [0.15, 0.2) is 24.3 Å². The molecular weight excluding hydrogens is 336 g/mol. The molecule has 1 aromatic carbocycles. The van der Waals surface area contributed by atoms with Crippen LogP contribution in [0.4, 0.5) is 5.69 Å². The standard InChI is InChI=1S/C16H21ClN2O3S/c17-14-2-1-3-15(11-14)18-5-7-19(8-6-18)16(20)10-13-4-9-23(21,22)12-13/h1-3,11,13H,4-10,12H2/t13-/m0/s1. The zero-order chi connectivity index (χ0) is 16.4. The fraction of sp³-hybridized carbons (Fsp3) is 0.562. The van der Waals surface area contributed by atoms with E-state index < -0.39 is 9.84 Å². The van der Waals surface area contributed by atoms with Gasteiger partial charge >= 0.3 is 0 Å². The Bertz CT molecular complexity index is 684. The summed E-state index contributed by atoms with van der Waals surface area (Å²) < 4.78 is 23.0. The number of carbonyl (C=O) groups excluding carboxylic acids is 1. The number of amides is 1. The molecular formula is C16H21ClN2O3S. The first kappa shape index (κ1) is 16.6. The molecule has 23 heavy (non-hydrogen) atoms. The summed E-state index contributed by atoms with van der Waals surface area (Å²) in [6.45, 7) is 2.89. The van der Waals surface area contributed by atoms with Crippen LogP contribution in [0.5, 0.6) is 0 Å². The maximum absolute atomic E-state index is 12.4. The van der Waals surface area contributed by atoms with E-state index in [-0.39, 0.29) is 23.3 Å². The maximum atomic E-state index is 12.4. The van der Waals surface area contributed by atoms with Gasteiger partial charge in [-0.25, -0.2) is 8.42 Å². The van der Waals surface area contributed by atoms with Crippen LogP contribution < -0.4 is 4.90 Å². The van der Waals surface area contributed by atoms with Gasteiger partial charge in [0.2, 0.25) is 5.91 Å². The average molecular weight is 357 g/mol. The first-order chi connectivity index (χ1) is 10.9. The molecule has 0 unspecified atom stereocenters. The molecule has 2 fully saturated rings. The van der Waals surface area contributed by atoms with Crippen molar-refractivity contribution in [3.05, 3.63) is 29.3 Å². The van der Waals surface area contributed by atoms with Crippen LogP contribution in [0.3, 0.4) is 0 Å². The van der Waals surface area contributed by atoms with Gasteiger partial charge in [0.15, 0.2) is 9.84 Å². The van der Waals surface area contributed by atoms with Gasteiger partial charge in [-0.15, -0.1) is 0 Å². The molecule has 5 nitrogen and oxygen atoms in total. The van der Waals surface area contributed by atoms with Crippen molar-refractivity contribution in [3.63, 3.8) is 0 Å². The fourth-order valence-corrected chi connectivity index (χ4v) is 5.34. The van der Waals surface area contributed by atoms with Crippen molar-refractivity contribution in [2.75, 3.05) is 42.6 Å². The lowest BCUT2D eigenvalue weighted by Crippen LogP contribution is -2.49. The summed E-state index contributed by atoms with van der Waals surface area (Å²) in [6, 6.07) is 7.73. The number of hydrogen-bond acceptors (Lipinski definition) is 4. The first-order valence-corrected chi connectivity index (χ1v) is 10.1. The van der Waals surface area contributed by atoms with E-state index in [1.54, 1.807) is 0 Å². The topological polar surface area (TPSA) is 57.7 Å². The predicted octanol–water partition coefficient (Wildman–Crippen LogP) is 1.81. The highest BCUT2D eigenvalue weighted by Crippen LogP contribution is 2.24. The Hall–Kier alpha value is -1.27. The van der Waals surface area contributed by atoms with Gasteiger partial charge in [0.1, 0.15) is 0 Å². The molecule has 2 aliphatic heterocycles. The molecule has 0 spiro atoms. The van der Waals surface area contributed by atoms with Crippen LogP contribution in [-0.2, 0) is 14.6 Å². The summed E-state index contributed by atoms with van der Waals surface area (Å²) in [7, 11) is -2.91. The van der Waals surface area contributed by atoms with Gasteiger partial charge in [-0.3, -0.25) is 4.79 Å². The van der Waals surface area contributed by atoms with Gasteiger partial charge in [-0.2, -0.15) is 0 Å². The Balaban J connectivity index is 1.51. The Labute approximate surface area is 142 Å². The average Bonchev–Trinajstić information content (AvgIpc) is 2.86. The van der Waals surface area contributed by atoms with Crippen molar-refractivity contribution in [1.82, 2.24) is 4.90 Å². The smallest absolute Gasteiger partial charge is 0.223 e. The van der Waals surface area contributed by atoms with E-state index in [1.165, 1.54) is 0 Å². The van der Waals surface area contributed by atoms with E-state index in [1.807, 2.05) is 29.2 Å². The third-order valence-electron chi connectivity index (χ3n) is 4.60. The third-order valence-corrected chi connectivity index (χ3v) is 6.67. The number of rotatable bonds is 3. The van der Waals surface area contributed by atoms with Crippen LogP contribution in [0.25, 0.3) is 0 Å². The van der Waals surface area contributed by atoms with Gasteiger partial charge in [0, 0.05) is 43.3 Å². The van der Waals surface area contributed by atoms with Crippen molar-refractivity contribution in [3.8, 4) is 0 Å². The molecule has 3 rings (SSSR count). The SMILES string of the molecule is O=C(C[C@@H]1CCS(=O)(=O)C1)N1CCN(c2cccc(Cl)c2)CC1. The summed E-state index contributed by atoms with van der Waals surface area (Å²) in [6.07, 6.45) is 0.979. The van der Waals surface area contributed by atoms with E-state index in [4.69, 9.17) is 11.6 Å². The molecule has 2 aliphatic rings. The highest BCUT2D eigenvalue weighted by Gasteiger charge is 2.31. The summed E-state index contributed by atoms with van der Waals surface area (Å²) in [5.41, 5.74) is 1.08. The lowest BCUT2D eigenvalue weighted by atomic mass is 10.0. The molecule has 0 bridgehead atoms. The van der Waals surface area contributed by atoms with E-state index >= 15 is 0 Å². The van der Waals surface area contributed by atoms with Crippen molar-refractivity contribution in [1.29, 1.82) is 0 Å². The predicted molar refractivity (Wildman–Crippen MR) is 91.6 cm³/mol. The van der Waals surface area contributed by atoms with E-state index in [9.17, 15) is 13.2 Å². The van der Waals surface area contributed by atoms with Gasteiger partial charge in [0.25, 0.3) is 0 Å². The number of piperazine rings is 1. The van der Waals surface area contributed by atoms with Gasteiger partial charge in [-0.1, -0.05) is 17.7 Å². The lowest BCUT2D eigenvalue weighted by Gasteiger charge is -2.36. The van der Waals surface area contributed by atoms with Crippen molar-refractivity contribution in [2.24, 2.45) is 5.92 Å².